The third kappa shape index (κ3) is 3.06. The summed E-state index contributed by atoms with van der Waals surface area (Å²) in [5.74, 6) is 0.579. The number of phenols is 1. The van der Waals surface area contributed by atoms with Gasteiger partial charge in [-0.25, -0.2) is 0 Å². The van der Waals surface area contributed by atoms with E-state index in [4.69, 9.17) is 15.7 Å². The lowest BCUT2D eigenvalue weighted by Gasteiger charge is -2.16. The Labute approximate surface area is 88.9 Å². The molecule has 4 heteroatoms. The van der Waals surface area contributed by atoms with Crippen LogP contribution in [0, 0.1) is 16.7 Å². The van der Waals surface area contributed by atoms with Gasteiger partial charge in [-0.15, -0.1) is 0 Å². The first kappa shape index (κ1) is 11.2. The summed E-state index contributed by atoms with van der Waals surface area (Å²) in [4.78, 5) is 0. The van der Waals surface area contributed by atoms with Crippen LogP contribution in [0.25, 0.3) is 0 Å². The van der Waals surface area contributed by atoms with E-state index in [0.717, 1.165) is 0 Å². The predicted octanol–water partition coefficient (Wildman–Crippen LogP) is 1.90. The van der Waals surface area contributed by atoms with Crippen molar-refractivity contribution in [2.75, 3.05) is 12.3 Å². The fourth-order valence-corrected chi connectivity index (χ4v) is 0.918. The molecule has 0 aromatic heterocycles. The highest BCUT2D eigenvalue weighted by Gasteiger charge is 2.17. The third-order valence-corrected chi connectivity index (χ3v) is 1.90. The van der Waals surface area contributed by atoms with Gasteiger partial charge in [-0.05, 0) is 26.0 Å². The first-order chi connectivity index (χ1) is 6.94. The Hall–Kier alpha value is -1.89. The molecule has 0 aliphatic heterocycles. The van der Waals surface area contributed by atoms with E-state index in [1.165, 1.54) is 12.1 Å². The summed E-state index contributed by atoms with van der Waals surface area (Å²) in [6.07, 6.45) is 0. The number of nitrogens with two attached hydrogens (primary N) is 1. The molecule has 0 radical (unpaired) electrons. The largest absolute Gasteiger partial charge is 0.506 e. The number of hydrogen-bond donors (Lipinski definition) is 2. The SMILES string of the molecule is CC(C)(C#N)COc1ccc(O)c(N)c1. The van der Waals surface area contributed by atoms with E-state index in [-0.39, 0.29) is 18.0 Å². The molecule has 0 heterocycles. The zero-order valence-corrected chi connectivity index (χ0v) is 8.82. The van der Waals surface area contributed by atoms with Gasteiger partial charge in [0.1, 0.15) is 18.1 Å². The fraction of sp³-hybridized carbons (Fsp3) is 0.364. The first-order valence-corrected chi connectivity index (χ1v) is 4.57. The second-order valence-electron chi connectivity index (χ2n) is 4.00. The van der Waals surface area contributed by atoms with Crippen molar-refractivity contribution in [3.8, 4) is 17.6 Å². The standard InChI is InChI=1S/C11H14N2O2/c1-11(2,6-12)7-15-8-3-4-10(14)9(13)5-8/h3-5,14H,7,13H2,1-2H3. The van der Waals surface area contributed by atoms with Gasteiger partial charge < -0.3 is 15.6 Å². The van der Waals surface area contributed by atoms with Crippen LogP contribution in [-0.2, 0) is 0 Å². The zero-order valence-electron chi connectivity index (χ0n) is 8.82. The second-order valence-corrected chi connectivity index (χ2v) is 4.00. The minimum absolute atomic E-state index is 0.0295. The van der Waals surface area contributed by atoms with E-state index in [2.05, 4.69) is 6.07 Å². The molecule has 3 N–H and O–H groups in total. The maximum Gasteiger partial charge on any atom is 0.138 e. The second kappa shape index (κ2) is 4.09. The van der Waals surface area contributed by atoms with Crippen LogP contribution in [-0.4, -0.2) is 11.7 Å². The molecule has 0 bridgehead atoms. The zero-order chi connectivity index (χ0) is 11.5. The van der Waals surface area contributed by atoms with Gasteiger partial charge in [0, 0.05) is 6.07 Å². The van der Waals surface area contributed by atoms with Crippen LogP contribution in [0.1, 0.15) is 13.8 Å². The van der Waals surface area contributed by atoms with Crippen molar-refractivity contribution >= 4 is 5.69 Å². The lowest BCUT2D eigenvalue weighted by Crippen LogP contribution is -2.18. The summed E-state index contributed by atoms with van der Waals surface area (Å²) in [6, 6.07) is 6.74. The minimum Gasteiger partial charge on any atom is -0.506 e. The molecule has 0 spiro atoms. The van der Waals surface area contributed by atoms with Crippen molar-refractivity contribution in [2.45, 2.75) is 13.8 Å². The van der Waals surface area contributed by atoms with Crippen LogP contribution in [0.15, 0.2) is 18.2 Å². The molecular weight excluding hydrogens is 192 g/mol. The van der Waals surface area contributed by atoms with Gasteiger partial charge in [0.2, 0.25) is 0 Å². The first-order valence-electron chi connectivity index (χ1n) is 4.57. The van der Waals surface area contributed by atoms with Crippen molar-refractivity contribution in [1.82, 2.24) is 0 Å². The Morgan fingerprint density at radius 3 is 2.73 bits per heavy atom. The van der Waals surface area contributed by atoms with Crippen LogP contribution >= 0.6 is 0 Å². The van der Waals surface area contributed by atoms with E-state index < -0.39 is 5.41 Å². The summed E-state index contributed by atoms with van der Waals surface area (Å²) in [5, 5.41) is 18.0. The Bertz CT molecular complexity index is 394. The molecule has 0 aliphatic rings. The minimum atomic E-state index is -0.535. The van der Waals surface area contributed by atoms with E-state index >= 15 is 0 Å². The number of nitrogens with zero attached hydrogens (tertiary/aromatic N) is 1. The number of benzene rings is 1. The number of anilines is 1. The Balaban J connectivity index is 2.67. The van der Waals surface area contributed by atoms with Crippen molar-refractivity contribution in [1.29, 1.82) is 5.26 Å². The molecule has 0 aliphatic carbocycles. The van der Waals surface area contributed by atoms with Crippen molar-refractivity contribution < 1.29 is 9.84 Å². The molecule has 0 saturated carbocycles. The van der Waals surface area contributed by atoms with Crippen LogP contribution in [0.3, 0.4) is 0 Å². The number of rotatable bonds is 3. The van der Waals surface area contributed by atoms with Crippen molar-refractivity contribution in [3.05, 3.63) is 18.2 Å². The maximum absolute atomic E-state index is 9.19. The van der Waals surface area contributed by atoms with Gasteiger partial charge in [0.25, 0.3) is 0 Å². The summed E-state index contributed by atoms with van der Waals surface area (Å²) in [6.45, 7) is 3.86. The van der Waals surface area contributed by atoms with E-state index in [9.17, 15) is 5.11 Å². The smallest absolute Gasteiger partial charge is 0.138 e. The fourth-order valence-electron chi connectivity index (χ4n) is 0.918. The molecule has 4 nitrogen and oxygen atoms in total. The van der Waals surface area contributed by atoms with Crippen LogP contribution in [0.5, 0.6) is 11.5 Å². The Morgan fingerprint density at radius 1 is 1.53 bits per heavy atom. The number of hydrogen-bond acceptors (Lipinski definition) is 4. The van der Waals surface area contributed by atoms with Gasteiger partial charge in [-0.3, -0.25) is 0 Å². The number of nitrogen functional groups attached to an aromatic ring is 1. The van der Waals surface area contributed by atoms with Crippen LogP contribution < -0.4 is 10.5 Å². The molecule has 80 valence electrons. The monoisotopic (exact) mass is 206 g/mol. The highest BCUT2D eigenvalue weighted by Crippen LogP contribution is 2.26. The van der Waals surface area contributed by atoms with Gasteiger partial charge in [0.15, 0.2) is 0 Å². The number of ether oxygens (including phenoxy) is 1. The van der Waals surface area contributed by atoms with E-state index in [1.54, 1.807) is 19.9 Å². The lowest BCUT2D eigenvalue weighted by atomic mass is 9.98. The molecule has 1 aromatic rings. The number of phenolic OH excluding ortho intramolecular Hbond substituents is 1. The summed E-state index contributed by atoms with van der Waals surface area (Å²) in [5.41, 5.74) is 5.23. The highest BCUT2D eigenvalue weighted by atomic mass is 16.5. The topological polar surface area (TPSA) is 79.3 Å². The molecule has 0 atom stereocenters. The molecule has 0 saturated heterocycles. The molecule has 1 rings (SSSR count). The molecule has 1 aromatic carbocycles. The highest BCUT2D eigenvalue weighted by molar-refractivity contribution is 5.55. The Morgan fingerprint density at radius 2 is 2.20 bits per heavy atom. The van der Waals surface area contributed by atoms with Gasteiger partial charge in [-0.2, -0.15) is 5.26 Å². The molecular formula is C11H14N2O2. The average Bonchev–Trinajstić information content (AvgIpc) is 2.20. The summed E-state index contributed by atoms with van der Waals surface area (Å²) >= 11 is 0. The average molecular weight is 206 g/mol. The molecule has 0 unspecified atom stereocenters. The maximum atomic E-state index is 9.19. The Kier molecular flexibility index (Phi) is 3.05. The van der Waals surface area contributed by atoms with Crippen molar-refractivity contribution in [3.63, 3.8) is 0 Å². The lowest BCUT2D eigenvalue weighted by molar-refractivity contribution is 0.227. The van der Waals surface area contributed by atoms with E-state index in [1.807, 2.05) is 0 Å². The molecule has 0 fully saturated rings. The van der Waals surface area contributed by atoms with Crippen molar-refractivity contribution in [2.24, 2.45) is 5.41 Å². The summed E-state index contributed by atoms with van der Waals surface area (Å²) < 4.78 is 5.38. The third-order valence-electron chi connectivity index (χ3n) is 1.90. The van der Waals surface area contributed by atoms with Gasteiger partial charge >= 0.3 is 0 Å². The normalized spacial score (nSPS) is 10.7. The van der Waals surface area contributed by atoms with Crippen LogP contribution in [0.2, 0.25) is 0 Å². The number of aromatic hydroxyl groups is 1. The number of nitriles is 1. The van der Waals surface area contributed by atoms with E-state index in [0.29, 0.717) is 5.75 Å². The summed E-state index contributed by atoms with van der Waals surface area (Å²) in [7, 11) is 0. The van der Waals surface area contributed by atoms with Gasteiger partial charge in [0.05, 0.1) is 17.2 Å². The van der Waals surface area contributed by atoms with Gasteiger partial charge in [-0.1, -0.05) is 0 Å². The molecule has 0 amide bonds. The quantitative estimate of drug-likeness (QED) is 0.584. The molecule has 15 heavy (non-hydrogen) atoms. The van der Waals surface area contributed by atoms with Crippen LogP contribution in [0.4, 0.5) is 5.69 Å². The predicted molar refractivity (Wildman–Crippen MR) is 57.4 cm³/mol.